The van der Waals surface area contributed by atoms with E-state index in [1.807, 2.05) is 11.9 Å². The van der Waals surface area contributed by atoms with Crippen LogP contribution in [0.3, 0.4) is 0 Å². The molecule has 1 aliphatic rings. The zero-order valence-corrected chi connectivity index (χ0v) is 11.9. The van der Waals surface area contributed by atoms with E-state index in [1.54, 1.807) is 11.0 Å². The van der Waals surface area contributed by atoms with Crippen LogP contribution in [0, 0.1) is 5.82 Å². The molecule has 0 radical (unpaired) electrons. The first-order chi connectivity index (χ1) is 9.52. The molecular formula is C13H17ClFN3O2. The summed E-state index contributed by atoms with van der Waals surface area (Å²) in [6.45, 7) is 1.57. The number of nitrogens with one attached hydrogen (secondary N) is 1. The fourth-order valence-electron chi connectivity index (χ4n) is 2.12. The Kier molecular flexibility index (Phi) is 4.80. The lowest BCUT2D eigenvalue weighted by Gasteiger charge is -2.38. The van der Waals surface area contributed by atoms with Gasteiger partial charge in [0.2, 0.25) is 0 Å². The summed E-state index contributed by atoms with van der Waals surface area (Å²) >= 11 is 5.67. The van der Waals surface area contributed by atoms with Crippen molar-refractivity contribution in [2.75, 3.05) is 38.6 Å². The second kappa shape index (κ2) is 6.39. The third kappa shape index (κ3) is 3.20. The number of aliphatic hydroxyl groups is 1. The van der Waals surface area contributed by atoms with Crippen molar-refractivity contribution in [2.45, 2.75) is 6.04 Å². The van der Waals surface area contributed by atoms with Crippen molar-refractivity contribution in [1.82, 2.24) is 9.80 Å². The van der Waals surface area contributed by atoms with Crippen LogP contribution >= 0.6 is 11.6 Å². The lowest BCUT2D eigenvalue weighted by Crippen LogP contribution is -2.55. The minimum Gasteiger partial charge on any atom is -0.395 e. The summed E-state index contributed by atoms with van der Waals surface area (Å²) in [4.78, 5) is 15.7. The molecule has 2 N–H and O–H groups in total. The number of anilines is 1. The number of hydrogen-bond acceptors (Lipinski definition) is 3. The van der Waals surface area contributed by atoms with Gasteiger partial charge in [-0.2, -0.15) is 0 Å². The standard InChI is InChI=1S/C13H17ClFN3O2/c1-17-5-6-18(7-9(17)8-19)13(20)16-11-4-2-3-10(14)12(11)15/h2-4,9,19H,5-8H2,1H3,(H,16,20)/t9-/m1/s1. The van der Waals surface area contributed by atoms with Gasteiger partial charge in [0.05, 0.1) is 23.4 Å². The summed E-state index contributed by atoms with van der Waals surface area (Å²) in [5, 5.41) is 11.7. The summed E-state index contributed by atoms with van der Waals surface area (Å²) < 4.78 is 13.7. The van der Waals surface area contributed by atoms with Crippen molar-refractivity contribution < 1.29 is 14.3 Å². The number of piperazine rings is 1. The van der Waals surface area contributed by atoms with Crippen molar-refractivity contribution in [3.05, 3.63) is 29.0 Å². The number of amides is 2. The van der Waals surface area contributed by atoms with Gasteiger partial charge < -0.3 is 15.3 Å². The molecule has 1 aromatic carbocycles. The molecule has 1 fully saturated rings. The third-order valence-corrected chi connectivity index (χ3v) is 3.76. The Morgan fingerprint density at radius 1 is 1.55 bits per heavy atom. The van der Waals surface area contributed by atoms with Crippen molar-refractivity contribution in [3.8, 4) is 0 Å². The van der Waals surface area contributed by atoms with Crippen LogP contribution in [0.1, 0.15) is 0 Å². The fraction of sp³-hybridized carbons (Fsp3) is 0.462. The molecule has 0 unspecified atom stereocenters. The number of carbonyl (C=O) groups is 1. The predicted molar refractivity (Wildman–Crippen MR) is 75.5 cm³/mol. The van der Waals surface area contributed by atoms with Gasteiger partial charge in [0.1, 0.15) is 0 Å². The molecule has 1 aromatic rings. The molecule has 1 heterocycles. The van der Waals surface area contributed by atoms with Crippen LogP contribution < -0.4 is 5.32 Å². The Bertz CT molecular complexity index is 501. The number of halogens is 2. The highest BCUT2D eigenvalue weighted by Crippen LogP contribution is 2.22. The number of likely N-dealkylation sites (N-methyl/N-ethyl adjacent to an activating group) is 1. The van der Waals surface area contributed by atoms with Gasteiger partial charge in [-0.15, -0.1) is 0 Å². The van der Waals surface area contributed by atoms with Gasteiger partial charge in [0.15, 0.2) is 5.82 Å². The zero-order chi connectivity index (χ0) is 14.7. The van der Waals surface area contributed by atoms with E-state index in [2.05, 4.69) is 5.32 Å². The molecule has 0 aromatic heterocycles. The third-order valence-electron chi connectivity index (χ3n) is 3.47. The molecule has 0 bridgehead atoms. The Morgan fingerprint density at radius 3 is 3.00 bits per heavy atom. The summed E-state index contributed by atoms with van der Waals surface area (Å²) in [5.74, 6) is -0.643. The SMILES string of the molecule is CN1CCN(C(=O)Nc2cccc(Cl)c2F)C[C@@H]1CO. The van der Waals surface area contributed by atoms with Gasteiger partial charge in [0.25, 0.3) is 0 Å². The molecule has 110 valence electrons. The Labute approximate surface area is 121 Å². The minimum atomic E-state index is -0.643. The molecule has 2 rings (SSSR count). The van der Waals surface area contributed by atoms with E-state index in [0.717, 1.165) is 0 Å². The number of hydrogen-bond donors (Lipinski definition) is 2. The molecule has 20 heavy (non-hydrogen) atoms. The number of carbonyl (C=O) groups excluding carboxylic acids is 1. The Hall–Kier alpha value is -1.37. The van der Waals surface area contributed by atoms with Crippen LogP contribution in [0.5, 0.6) is 0 Å². The molecule has 5 nitrogen and oxygen atoms in total. The molecular weight excluding hydrogens is 285 g/mol. The van der Waals surface area contributed by atoms with Crippen LogP contribution in [-0.4, -0.2) is 60.3 Å². The van der Waals surface area contributed by atoms with Gasteiger partial charge in [-0.05, 0) is 19.2 Å². The molecule has 7 heteroatoms. The molecule has 2 amide bonds. The minimum absolute atomic E-state index is 0.0220. The van der Waals surface area contributed by atoms with Crippen LogP contribution in [0.25, 0.3) is 0 Å². The monoisotopic (exact) mass is 301 g/mol. The highest BCUT2D eigenvalue weighted by Gasteiger charge is 2.27. The second-order valence-corrected chi connectivity index (χ2v) is 5.20. The summed E-state index contributed by atoms with van der Waals surface area (Å²) in [6, 6.07) is 3.96. The van der Waals surface area contributed by atoms with Crippen LogP contribution in [0.4, 0.5) is 14.9 Å². The van der Waals surface area contributed by atoms with Crippen LogP contribution in [0.2, 0.25) is 5.02 Å². The average molecular weight is 302 g/mol. The first-order valence-corrected chi connectivity index (χ1v) is 6.71. The second-order valence-electron chi connectivity index (χ2n) is 4.79. The van der Waals surface area contributed by atoms with Crippen LogP contribution in [0.15, 0.2) is 18.2 Å². The van der Waals surface area contributed by atoms with E-state index >= 15 is 0 Å². The van der Waals surface area contributed by atoms with E-state index in [-0.39, 0.29) is 23.4 Å². The summed E-state index contributed by atoms with van der Waals surface area (Å²) in [6.07, 6.45) is 0. The zero-order valence-electron chi connectivity index (χ0n) is 11.1. The smallest absolute Gasteiger partial charge is 0.322 e. The molecule has 1 atom stereocenters. The maximum atomic E-state index is 13.7. The van der Waals surface area contributed by atoms with Crippen molar-refractivity contribution >= 4 is 23.3 Å². The lowest BCUT2D eigenvalue weighted by atomic mass is 10.2. The van der Waals surface area contributed by atoms with Gasteiger partial charge >= 0.3 is 6.03 Å². The number of aliphatic hydroxyl groups excluding tert-OH is 1. The Morgan fingerprint density at radius 2 is 2.30 bits per heavy atom. The van der Waals surface area contributed by atoms with E-state index < -0.39 is 11.8 Å². The number of nitrogens with zero attached hydrogens (tertiary/aromatic N) is 2. The molecule has 0 aliphatic carbocycles. The Balaban J connectivity index is 2.03. The van der Waals surface area contributed by atoms with Crippen molar-refractivity contribution in [3.63, 3.8) is 0 Å². The lowest BCUT2D eigenvalue weighted by molar-refractivity contribution is 0.0754. The molecule has 0 saturated carbocycles. The molecule has 1 aliphatic heterocycles. The first kappa shape index (κ1) is 15.0. The van der Waals surface area contributed by atoms with E-state index in [0.29, 0.717) is 19.6 Å². The van der Waals surface area contributed by atoms with Gasteiger partial charge in [-0.25, -0.2) is 9.18 Å². The highest BCUT2D eigenvalue weighted by atomic mass is 35.5. The highest BCUT2D eigenvalue weighted by molar-refractivity contribution is 6.31. The first-order valence-electron chi connectivity index (χ1n) is 6.34. The largest absolute Gasteiger partial charge is 0.395 e. The summed E-state index contributed by atoms with van der Waals surface area (Å²) in [5.41, 5.74) is 0.0574. The van der Waals surface area contributed by atoms with Crippen LogP contribution in [-0.2, 0) is 0 Å². The maximum absolute atomic E-state index is 13.7. The van der Waals surface area contributed by atoms with Gasteiger partial charge in [0, 0.05) is 19.6 Å². The number of benzene rings is 1. The maximum Gasteiger partial charge on any atom is 0.322 e. The van der Waals surface area contributed by atoms with Gasteiger partial charge in [-0.1, -0.05) is 17.7 Å². The van der Waals surface area contributed by atoms with Gasteiger partial charge in [-0.3, -0.25) is 4.90 Å². The van der Waals surface area contributed by atoms with E-state index in [4.69, 9.17) is 11.6 Å². The quantitative estimate of drug-likeness (QED) is 0.873. The predicted octanol–water partition coefficient (Wildman–Crippen LogP) is 1.62. The van der Waals surface area contributed by atoms with Crippen molar-refractivity contribution in [1.29, 1.82) is 0 Å². The molecule has 1 saturated heterocycles. The average Bonchev–Trinajstić information content (AvgIpc) is 2.44. The normalized spacial score (nSPS) is 20.0. The van der Waals surface area contributed by atoms with E-state index in [1.165, 1.54) is 12.1 Å². The van der Waals surface area contributed by atoms with E-state index in [9.17, 15) is 14.3 Å². The number of rotatable bonds is 2. The van der Waals surface area contributed by atoms with Crippen molar-refractivity contribution in [2.24, 2.45) is 0 Å². The summed E-state index contributed by atoms with van der Waals surface area (Å²) in [7, 11) is 1.90. The number of urea groups is 1. The molecule has 0 spiro atoms. The topological polar surface area (TPSA) is 55.8 Å². The fourth-order valence-corrected chi connectivity index (χ4v) is 2.30.